The Morgan fingerprint density at radius 2 is 1.33 bits per heavy atom. The number of rotatable bonds is 9. The highest BCUT2D eigenvalue weighted by molar-refractivity contribution is 6.38. The van der Waals surface area contributed by atoms with E-state index in [-0.39, 0.29) is 30.0 Å². The van der Waals surface area contributed by atoms with Crippen molar-refractivity contribution in [2.75, 3.05) is 41.3 Å². The first-order valence-corrected chi connectivity index (χ1v) is 8.49. The van der Waals surface area contributed by atoms with Crippen LogP contribution < -0.4 is 0 Å². The largest absolute Gasteiger partial charge is 0.309 e. The number of nitrogens with zero attached hydrogens (tertiary/aromatic N) is 2. The van der Waals surface area contributed by atoms with Gasteiger partial charge in [0.25, 0.3) is 0 Å². The molecule has 0 fully saturated rings. The van der Waals surface area contributed by atoms with Gasteiger partial charge in [-0.25, -0.2) is 0 Å². The molecular formula is C18H24Cl2N2O2. The molecular weight excluding hydrogens is 347 g/mol. The Hall–Kier alpha value is -1.20. The number of benzene rings is 1. The molecule has 4 nitrogen and oxygen atoms in total. The van der Waals surface area contributed by atoms with Gasteiger partial charge in [-0.2, -0.15) is 0 Å². The Labute approximate surface area is 154 Å². The minimum Gasteiger partial charge on any atom is -0.309 e. The van der Waals surface area contributed by atoms with Gasteiger partial charge in [-0.3, -0.25) is 9.59 Å². The maximum Gasteiger partial charge on any atom is 0.167 e. The van der Waals surface area contributed by atoms with E-state index >= 15 is 0 Å². The number of hydrogen-bond donors (Lipinski definition) is 0. The van der Waals surface area contributed by atoms with Gasteiger partial charge >= 0.3 is 0 Å². The molecule has 0 radical (unpaired) electrons. The van der Waals surface area contributed by atoms with Crippen molar-refractivity contribution in [1.29, 1.82) is 0 Å². The molecule has 0 saturated heterocycles. The lowest BCUT2D eigenvalue weighted by molar-refractivity contribution is -0.121. The summed E-state index contributed by atoms with van der Waals surface area (Å²) < 4.78 is 0. The van der Waals surface area contributed by atoms with Crippen LogP contribution in [-0.4, -0.2) is 62.6 Å². The van der Waals surface area contributed by atoms with E-state index in [9.17, 15) is 9.59 Å². The molecule has 1 aromatic rings. The van der Waals surface area contributed by atoms with Crippen LogP contribution >= 0.6 is 23.2 Å². The van der Waals surface area contributed by atoms with Gasteiger partial charge in [-0.1, -0.05) is 29.3 Å². The Morgan fingerprint density at radius 1 is 0.917 bits per heavy atom. The summed E-state index contributed by atoms with van der Waals surface area (Å²) in [5.74, 6) is -0.383. The Morgan fingerprint density at radius 3 is 1.71 bits per heavy atom. The standard InChI is InChI=1S/C18H24Cl2N2O2/c1-21(2)10-8-17(23)14(18(24)9-11-22(3)4)12-13-15(19)6-5-7-16(13)20/h5-7,12H,8-11H2,1-4H3. The molecule has 0 atom stereocenters. The highest BCUT2D eigenvalue weighted by atomic mass is 35.5. The Bertz CT molecular complexity index is 579. The molecule has 0 saturated carbocycles. The van der Waals surface area contributed by atoms with Gasteiger partial charge in [-0.05, 0) is 46.4 Å². The fraction of sp³-hybridized carbons (Fsp3) is 0.444. The Balaban J connectivity index is 3.14. The molecule has 0 aliphatic heterocycles. The summed E-state index contributed by atoms with van der Waals surface area (Å²) in [7, 11) is 7.54. The van der Waals surface area contributed by atoms with E-state index < -0.39 is 0 Å². The highest BCUT2D eigenvalue weighted by Crippen LogP contribution is 2.27. The molecule has 24 heavy (non-hydrogen) atoms. The zero-order chi connectivity index (χ0) is 18.3. The normalized spacial score (nSPS) is 11.0. The van der Waals surface area contributed by atoms with Gasteiger partial charge in [0.05, 0.1) is 5.57 Å². The number of carbonyl (C=O) groups is 2. The lowest BCUT2D eigenvalue weighted by atomic mass is 9.98. The summed E-state index contributed by atoms with van der Waals surface area (Å²) >= 11 is 12.3. The Kier molecular flexibility index (Phi) is 8.63. The summed E-state index contributed by atoms with van der Waals surface area (Å²) in [5, 5.41) is 0.835. The van der Waals surface area contributed by atoms with E-state index in [2.05, 4.69) is 0 Å². The zero-order valence-corrected chi connectivity index (χ0v) is 16.1. The van der Waals surface area contributed by atoms with Crippen LogP contribution in [0.2, 0.25) is 10.0 Å². The summed E-state index contributed by atoms with van der Waals surface area (Å²) in [4.78, 5) is 28.9. The van der Waals surface area contributed by atoms with Crippen molar-refractivity contribution in [3.63, 3.8) is 0 Å². The smallest absolute Gasteiger partial charge is 0.167 e. The van der Waals surface area contributed by atoms with Crippen molar-refractivity contribution in [2.45, 2.75) is 12.8 Å². The lowest BCUT2D eigenvalue weighted by Gasteiger charge is -2.13. The van der Waals surface area contributed by atoms with Crippen LogP contribution in [0.15, 0.2) is 23.8 Å². The van der Waals surface area contributed by atoms with E-state index in [1.54, 1.807) is 18.2 Å². The van der Waals surface area contributed by atoms with Crippen molar-refractivity contribution < 1.29 is 9.59 Å². The molecule has 6 heteroatoms. The molecule has 132 valence electrons. The number of hydrogen-bond acceptors (Lipinski definition) is 4. The maximum absolute atomic E-state index is 12.5. The van der Waals surface area contributed by atoms with E-state index in [0.29, 0.717) is 28.7 Å². The predicted molar refractivity (Wildman–Crippen MR) is 101 cm³/mol. The van der Waals surface area contributed by atoms with Crippen molar-refractivity contribution in [3.8, 4) is 0 Å². The van der Waals surface area contributed by atoms with Crippen LogP contribution in [0.1, 0.15) is 18.4 Å². The van der Waals surface area contributed by atoms with Crippen molar-refractivity contribution in [1.82, 2.24) is 9.80 Å². The third-order valence-corrected chi connectivity index (χ3v) is 4.12. The van der Waals surface area contributed by atoms with E-state index in [0.717, 1.165) is 0 Å². The number of halogens is 2. The van der Waals surface area contributed by atoms with Crippen molar-refractivity contribution >= 4 is 40.8 Å². The molecule has 0 spiro atoms. The van der Waals surface area contributed by atoms with Crippen LogP contribution in [0.25, 0.3) is 6.08 Å². The molecule has 0 aliphatic rings. The molecule has 0 heterocycles. The molecule has 0 unspecified atom stereocenters. The first-order valence-electron chi connectivity index (χ1n) is 7.74. The van der Waals surface area contributed by atoms with Crippen LogP contribution in [-0.2, 0) is 9.59 Å². The number of carbonyl (C=O) groups excluding carboxylic acids is 2. The maximum atomic E-state index is 12.5. The fourth-order valence-electron chi connectivity index (χ4n) is 2.03. The quantitative estimate of drug-likeness (QED) is 0.379. The SMILES string of the molecule is CN(C)CCC(=O)C(=Cc1c(Cl)cccc1Cl)C(=O)CCN(C)C. The molecule has 0 amide bonds. The van der Waals surface area contributed by atoms with Crippen LogP contribution in [0, 0.1) is 0 Å². The fourth-order valence-corrected chi connectivity index (χ4v) is 2.54. The summed E-state index contributed by atoms with van der Waals surface area (Å²) in [6, 6.07) is 5.10. The number of allylic oxidation sites excluding steroid dienone is 1. The average Bonchev–Trinajstić information content (AvgIpc) is 2.50. The molecule has 0 bridgehead atoms. The minimum absolute atomic E-state index is 0.161. The highest BCUT2D eigenvalue weighted by Gasteiger charge is 2.19. The monoisotopic (exact) mass is 370 g/mol. The number of ketones is 2. The summed E-state index contributed by atoms with van der Waals surface area (Å²) in [5.41, 5.74) is 0.668. The minimum atomic E-state index is -0.191. The van der Waals surface area contributed by atoms with Crippen molar-refractivity contribution in [3.05, 3.63) is 39.4 Å². The van der Waals surface area contributed by atoms with Crippen LogP contribution in [0.3, 0.4) is 0 Å². The predicted octanol–water partition coefficient (Wildman–Crippen LogP) is 3.42. The van der Waals surface area contributed by atoms with E-state index in [1.165, 1.54) is 6.08 Å². The van der Waals surface area contributed by atoms with E-state index in [1.807, 2.05) is 38.0 Å². The van der Waals surface area contributed by atoms with Gasteiger partial charge in [-0.15, -0.1) is 0 Å². The molecule has 0 aliphatic carbocycles. The summed E-state index contributed by atoms with van der Waals surface area (Å²) in [6.07, 6.45) is 2.07. The van der Waals surface area contributed by atoms with Gasteiger partial charge in [0.15, 0.2) is 11.6 Å². The topological polar surface area (TPSA) is 40.6 Å². The first-order chi connectivity index (χ1) is 11.2. The van der Waals surface area contributed by atoms with Crippen molar-refractivity contribution in [2.24, 2.45) is 0 Å². The zero-order valence-electron chi connectivity index (χ0n) is 14.6. The molecule has 1 aromatic carbocycles. The third-order valence-electron chi connectivity index (χ3n) is 3.46. The molecule has 1 rings (SSSR count). The second-order valence-corrected chi connectivity index (χ2v) is 6.96. The van der Waals surface area contributed by atoms with Gasteiger partial charge < -0.3 is 9.80 Å². The second-order valence-electron chi connectivity index (χ2n) is 6.15. The van der Waals surface area contributed by atoms with E-state index in [4.69, 9.17) is 23.2 Å². The van der Waals surface area contributed by atoms with Gasteiger partial charge in [0.1, 0.15) is 0 Å². The van der Waals surface area contributed by atoms with Crippen LogP contribution in [0.4, 0.5) is 0 Å². The molecule has 0 N–H and O–H groups in total. The summed E-state index contributed by atoms with van der Waals surface area (Å²) in [6.45, 7) is 1.15. The third kappa shape index (κ3) is 6.73. The number of Topliss-reactive ketones (excluding diaryl/α,β-unsaturated/α-hetero) is 2. The van der Waals surface area contributed by atoms with Gasteiger partial charge in [0.2, 0.25) is 0 Å². The lowest BCUT2D eigenvalue weighted by Crippen LogP contribution is -2.23. The first kappa shape index (κ1) is 20.8. The average molecular weight is 371 g/mol. The van der Waals surface area contributed by atoms with Crippen LogP contribution in [0.5, 0.6) is 0 Å². The van der Waals surface area contributed by atoms with Gasteiger partial charge in [0, 0.05) is 41.5 Å². The second kappa shape index (κ2) is 9.94. The molecule has 0 aromatic heterocycles.